The maximum absolute atomic E-state index is 13.0. The summed E-state index contributed by atoms with van der Waals surface area (Å²) in [4.78, 5) is 26.7. The lowest BCUT2D eigenvalue weighted by Gasteiger charge is -2.27. The maximum atomic E-state index is 13.0. The van der Waals surface area contributed by atoms with Gasteiger partial charge in [0, 0.05) is 35.9 Å². The SMILES string of the molecule is CCOCCCN1C(=O)C(C#N)=C(C)/C(=C\c2ccc(-c3cccc(Cl)c3)o2)C1=O. The molecule has 0 spiro atoms. The van der Waals surface area contributed by atoms with E-state index in [1.807, 2.05) is 25.1 Å². The van der Waals surface area contributed by atoms with Crippen molar-refractivity contribution < 1.29 is 18.7 Å². The van der Waals surface area contributed by atoms with Crippen molar-refractivity contribution in [1.29, 1.82) is 5.26 Å². The molecular weight excluding hydrogens is 404 g/mol. The monoisotopic (exact) mass is 424 g/mol. The second-order valence-electron chi connectivity index (χ2n) is 6.69. The third-order valence-corrected chi connectivity index (χ3v) is 4.96. The van der Waals surface area contributed by atoms with Crippen LogP contribution in [0.25, 0.3) is 17.4 Å². The molecule has 7 heteroatoms. The molecule has 1 aliphatic rings. The van der Waals surface area contributed by atoms with Gasteiger partial charge >= 0.3 is 0 Å². The first kappa shape index (κ1) is 21.6. The molecule has 0 aliphatic carbocycles. The molecule has 0 N–H and O–H groups in total. The van der Waals surface area contributed by atoms with E-state index in [9.17, 15) is 14.9 Å². The van der Waals surface area contributed by atoms with Crippen LogP contribution in [-0.2, 0) is 14.3 Å². The fourth-order valence-corrected chi connectivity index (χ4v) is 3.36. The Morgan fingerprint density at radius 1 is 1.23 bits per heavy atom. The predicted octanol–water partition coefficient (Wildman–Crippen LogP) is 4.62. The Morgan fingerprint density at radius 2 is 2.03 bits per heavy atom. The largest absolute Gasteiger partial charge is 0.457 e. The Balaban J connectivity index is 1.92. The number of rotatable bonds is 7. The van der Waals surface area contributed by atoms with Crippen molar-refractivity contribution in [2.75, 3.05) is 19.8 Å². The van der Waals surface area contributed by atoms with Crippen molar-refractivity contribution in [1.82, 2.24) is 4.90 Å². The highest BCUT2D eigenvalue weighted by atomic mass is 35.5. The van der Waals surface area contributed by atoms with Crippen molar-refractivity contribution in [3.05, 3.63) is 63.9 Å². The lowest BCUT2D eigenvalue weighted by atomic mass is 9.94. The number of halogens is 1. The zero-order valence-electron chi connectivity index (χ0n) is 16.8. The van der Waals surface area contributed by atoms with Gasteiger partial charge in [-0.3, -0.25) is 14.5 Å². The first-order valence-electron chi connectivity index (χ1n) is 9.59. The number of amides is 2. The van der Waals surface area contributed by atoms with E-state index in [2.05, 4.69) is 0 Å². The van der Waals surface area contributed by atoms with Gasteiger partial charge in [0.1, 0.15) is 23.2 Å². The van der Waals surface area contributed by atoms with E-state index in [0.717, 1.165) is 10.5 Å². The van der Waals surface area contributed by atoms with E-state index >= 15 is 0 Å². The highest BCUT2D eigenvalue weighted by Crippen LogP contribution is 2.30. The summed E-state index contributed by atoms with van der Waals surface area (Å²) in [6, 6.07) is 12.7. The number of hydrogen-bond donors (Lipinski definition) is 0. The number of nitrogens with zero attached hydrogens (tertiary/aromatic N) is 2. The normalized spacial score (nSPS) is 15.8. The quantitative estimate of drug-likeness (QED) is 0.368. The second-order valence-corrected chi connectivity index (χ2v) is 7.13. The number of benzene rings is 1. The molecule has 0 atom stereocenters. The van der Waals surface area contributed by atoms with Gasteiger partial charge in [-0.2, -0.15) is 5.26 Å². The average Bonchev–Trinajstić information content (AvgIpc) is 3.20. The summed E-state index contributed by atoms with van der Waals surface area (Å²) < 4.78 is 11.1. The van der Waals surface area contributed by atoms with Crippen LogP contribution in [0.5, 0.6) is 0 Å². The molecule has 2 aromatic rings. The molecule has 30 heavy (non-hydrogen) atoms. The van der Waals surface area contributed by atoms with Crippen LogP contribution in [0.1, 0.15) is 26.0 Å². The maximum Gasteiger partial charge on any atom is 0.271 e. The minimum atomic E-state index is -0.576. The van der Waals surface area contributed by atoms with Crippen molar-refractivity contribution in [3.63, 3.8) is 0 Å². The molecule has 6 nitrogen and oxygen atoms in total. The molecular formula is C23H21ClN2O4. The highest BCUT2D eigenvalue weighted by molar-refractivity contribution is 6.30. The Hall–Kier alpha value is -3.14. The fraction of sp³-hybridized carbons (Fsp3) is 0.261. The fourth-order valence-electron chi connectivity index (χ4n) is 3.17. The van der Waals surface area contributed by atoms with E-state index in [-0.39, 0.29) is 17.7 Å². The van der Waals surface area contributed by atoms with Crippen LogP contribution in [0.4, 0.5) is 0 Å². The van der Waals surface area contributed by atoms with Crippen LogP contribution in [0, 0.1) is 11.3 Å². The van der Waals surface area contributed by atoms with Gasteiger partial charge in [0.25, 0.3) is 11.8 Å². The zero-order chi connectivity index (χ0) is 21.7. The number of nitriles is 1. The first-order chi connectivity index (χ1) is 14.5. The van der Waals surface area contributed by atoms with Gasteiger partial charge < -0.3 is 9.15 Å². The summed E-state index contributed by atoms with van der Waals surface area (Å²) in [6.07, 6.45) is 2.06. The lowest BCUT2D eigenvalue weighted by molar-refractivity contribution is -0.140. The molecule has 0 unspecified atom stereocenters. The summed E-state index contributed by atoms with van der Waals surface area (Å²) >= 11 is 6.04. The Kier molecular flexibility index (Phi) is 6.88. The first-order valence-corrected chi connectivity index (χ1v) is 9.96. The number of furan rings is 1. The smallest absolute Gasteiger partial charge is 0.271 e. The van der Waals surface area contributed by atoms with Gasteiger partial charge in [-0.25, -0.2) is 0 Å². The summed E-state index contributed by atoms with van der Waals surface area (Å²) in [7, 11) is 0. The van der Waals surface area contributed by atoms with Crippen molar-refractivity contribution in [2.24, 2.45) is 0 Å². The zero-order valence-corrected chi connectivity index (χ0v) is 17.5. The van der Waals surface area contributed by atoms with E-state index in [1.54, 1.807) is 37.3 Å². The average molecular weight is 425 g/mol. The number of carbonyl (C=O) groups is 2. The van der Waals surface area contributed by atoms with Gasteiger partial charge in [-0.15, -0.1) is 0 Å². The van der Waals surface area contributed by atoms with Crippen molar-refractivity contribution in [3.8, 4) is 17.4 Å². The van der Waals surface area contributed by atoms with Gasteiger partial charge in [0.05, 0.1) is 0 Å². The molecule has 154 valence electrons. The van der Waals surface area contributed by atoms with Crippen LogP contribution in [0.15, 0.2) is 57.5 Å². The Labute approximate surface area is 180 Å². The molecule has 1 aliphatic heterocycles. The van der Waals surface area contributed by atoms with Gasteiger partial charge in [0.15, 0.2) is 0 Å². The lowest BCUT2D eigenvalue weighted by Crippen LogP contribution is -2.43. The minimum Gasteiger partial charge on any atom is -0.457 e. The summed E-state index contributed by atoms with van der Waals surface area (Å²) in [5, 5.41) is 10.0. The third-order valence-electron chi connectivity index (χ3n) is 4.72. The molecule has 0 saturated heterocycles. The second kappa shape index (κ2) is 9.57. The van der Waals surface area contributed by atoms with Crippen LogP contribution in [0.3, 0.4) is 0 Å². The van der Waals surface area contributed by atoms with E-state index < -0.39 is 11.8 Å². The molecule has 3 rings (SSSR count). The van der Waals surface area contributed by atoms with Crippen molar-refractivity contribution >= 4 is 29.5 Å². The van der Waals surface area contributed by atoms with Crippen LogP contribution in [-0.4, -0.2) is 36.5 Å². The predicted molar refractivity (Wildman–Crippen MR) is 113 cm³/mol. The Morgan fingerprint density at radius 3 is 2.73 bits per heavy atom. The topological polar surface area (TPSA) is 83.5 Å². The molecule has 0 saturated carbocycles. The van der Waals surface area contributed by atoms with Crippen molar-refractivity contribution in [2.45, 2.75) is 20.3 Å². The van der Waals surface area contributed by atoms with Gasteiger partial charge in [0.2, 0.25) is 0 Å². The van der Waals surface area contributed by atoms with Crippen LogP contribution in [0.2, 0.25) is 5.02 Å². The molecule has 0 bridgehead atoms. The standard InChI is InChI=1S/C23H21ClN2O4/c1-3-29-11-5-10-26-22(27)19(15(2)20(14-25)23(26)28)13-18-8-9-21(30-18)16-6-4-7-17(24)12-16/h4,6-9,12-13H,3,5,10-11H2,1-2H3/b19-13+. The minimum absolute atomic E-state index is 0.0427. The molecule has 2 heterocycles. The van der Waals surface area contributed by atoms with Crippen LogP contribution >= 0.6 is 11.6 Å². The molecule has 1 aromatic heterocycles. The number of imide groups is 1. The Bertz CT molecular complexity index is 1070. The molecule has 0 fully saturated rings. The number of carbonyl (C=O) groups excluding carboxylic acids is 2. The summed E-state index contributed by atoms with van der Waals surface area (Å²) in [6.45, 7) is 4.64. The van der Waals surface area contributed by atoms with E-state index in [0.29, 0.717) is 41.8 Å². The van der Waals surface area contributed by atoms with E-state index in [4.69, 9.17) is 20.8 Å². The number of ether oxygens (including phenoxy) is 1. The van der Waals surface area contributed by atoms with Gasteiger partial charge in [-0.1, -0.05) is 23.7 Å². The van der Waals surface area contributed by atoms with Gasteiger partial charge in [-0.05, 0) is 56.2 Å². The summed E-state index contributed by atoms with van der Waals surface area (Å²) in [5.74, 6) is 0.00869. The molecule has 1 aromatic carbocycles. The highest BCUT2D eigenvalue weighted by Gasteiger charge is 2.35. The van der Waals surface area contributed by atoms with E-state index in [1.165, 1.54) is 0 Å². The molecule has 2 amide bonds. The van der Waals surface area contributed by atoms with Crippen LogP contribution < -0.4 is 0 Å². The summed E-state index contributed by atoms with van der Waals surface area (Å²) in [5.41, 5.74) is 1.36. The molecule has 0 radical (unpaired) electrons. The third kappa shape index (κ3) is 4.54. The number of hydrogen-bond acceptors (Lipinski definition) is 5.